The summed E-state index contributed by atoms with van der Waals surface area (Å²) in [4.78, 5) is 37.8. The summed E-state index contributed by atoms with van der Waals surface area (Å²) in [5, 5.41) is 0. The number of carbonyl (C=O) groups is 3. The molecule has 0 aromatic carbocycles. The number of rotatable bonds is 43. The highest BCUT2D eigenvalue weighted by atomic mass is 16.6. The maximum Gasteiger partial charge on any atom is 0.306 e. The van der Waals surface area contributed by atoms with Crippen LogP contribution in [0.25, 0.3) is 0 Å². The van der Waals surface area contributed by atoms with Crippen LogP contribution in [0.2, 0.25) is 0 Å². The van der Waals surface area contributed by atoms with Crippen molar-refractivity contribution in [2.75, 3.05) is 13.2 Å². The van der Waals surface area contributed by atoms with Gasteiger partial charge in [-0.2, -0.15) is 0 Å². The van der Waals surface area contributed by atoms with E-state index in [4.69, 9.17) is 14.2 Å². The SMILES string of the molecule is CCCC/C=C\C/C=C\CCCCCCCC(=O)OCC(COC(=O)CCCCCCCCCCCC)OC(=O)CCCCCCC/C=C\CCCCCCC. The summed E-state index contributed by atoms with van der Waals surface area (Å²) in [5.41, 5.74) is 0. The van der Waals surface area contributed by atoms with Crippen molar-refractivity contribution < 1.29 is 28.6 Å². The van der Waals surface area contributed by atoms with Crippen molar-refractivity contribution in [3.63, 3.8) is 0 Å². The number of hydrogen-bond donors (Lipinski definition) is 0. The van der Waals surface area contributed by atoms with E-state index in [2.05, 4.69) is 57.2 Å². The van der Waals surface area contributed by atoms with Gasteiger partial charge in [-0.15, -0.1) is 0 Å². The van der Waals surface area contributed by atoms with Crippen LogP contribution in [-0.2, 0) is 28.6 Å². The number of esters is 3. The molecule has 0 saturated carbocycles. The molecule has 0 spiro atoms. The summed E-state index contributed by atoms with van der Waals surface area (Å²) in [6.45, 7) is 6.56. The van der Waals surface area contributed by atoms with Gasteiger partial charge in [0.25, 0.3) is 0 Å². The van der Waals surface area contributed by atoms with Gasteiger partial charge in [0.1, 0.15) is 13.2 Å². The fourth-order valence-electron chi connectivity index (χ4n) is 6.69. The van der Waals surface area contributed by atoms with Crippen molar-refractivity contribution >= 4 is 17.9 Å². The Bertz CT molecular complexity index is 953. The molecular formula is C50H90O6. The van der Waals surface area contributed by atoms with Crippen molar-refractivity contribution in [2.24, 2.45) is 0 Å². The maximum atomic E-state index is 12.7. The molecule has 0 saturated heterocycles. The highest BCUT2D eigenvalue weighted by molar-refractivity contribution is 5.71. The minimum atomic E-state index is -0.776. The molecule has 0 fully saturated rings. The zero-order valence-electron chi connectivity index (χ0n) is 37.2. The van der Waals surface area contributed by atoms with Gasteiger partial charge in [-0.25, -0.2) is 0 Å². The minimum absolute atomic E-state index is 0.0779. The first-order valence-electron chi connectivity index (χ1n) is 24.0. The molecule has 56 heavy (non-hydrogen) atoms. The highest BCUT2D eigenvalue weighted by Gasteiger charge is 2.19. The summed E-state index contributed by atoms with van der Waals surface area (Å²) < 4.78 is 16.7. The largest absolute Gasteiger partial charge is 0.462 e. The van der Waals surface area contributed by atoms with E-state index < -0.39 is 6.10 Å². The van der Waals surface area contributed by atoms with E-state index in [1.807, 2.05) is 0 Å². The zero-order valence-corrected chi connectivity index (χ0v) is 37.2. The van der Waals surface area contributed by atoms with Crippen LogP contribution in [0.15, 0.2) is 36.5 Å². The lowest BCUT2D eigenvalue weighted by Crippen LogP contribution is -2.30. The van der Waals surface area contributed by atoms with Gasteiger partial charge >= 0.3 is 17.9 Å². The lowest BCUT2D eigenvalue weighted by molar-refractivity contribution is -0.167. The van der Waals surface area contributed by atoms with E-state index in [0.29, 0.717) is 19.3 Å². The Morgan fingerprint density at radius 3 is 1.05 bits per heavy atom. The van der Waals surface area contributed by atoms with Crippen molar-refractivity contribution in [2.45, 2.75) is 252 Å². The number of unbranched alkanes of at least 4 members (excludes halogenated alkanes) is 26. The molecule has 0 aromatic rings. The second-order valence-electron chi connectivity index (χ2n) is 16.0. The summed E-state index contributed by atoms with van der Waals surface area (Å²) in [6.07, 6.45) is 51.2. The molecule has 0 aromatic heterocycles. The van der Waals surface area contributed by atoms with Crippen molar-refractivity contribution in [3.8, 4) is 0 Å². The summed E-state index contributed by atoms with van der Waals surface area (Å²) in [6, 6.07) is 0. The van der Waals surface area contributed by atoms with Crippen LogP contribution in [0.4, 0.5) is 0 Å². The molecule has 0 heterocycles. The van der Waals surface area contributed by atoms with Crippen LogP contribution in [0.3, 0.4) is 0 Å². The fraction of sp³-hybridized carbons (Fsp3) is 0.820. The molecule has 0 amide bonds. The number of ether oxygens (including phenoxy) is 3. The van der Waals surface area contributed by atoms with Crippen LogP contribution in [-0.4, -0.2) is 37.2 Å². The van der Waals surface area contributed by atoms with E-state index in [-0.39, 0.29) is 31.1 Å². The summed E-state index contributed by atoms with van der Waals surface area (Å²) in [7, 11) is 0. The third-order valence-corrected chi connectivity index (χ3v) is 10.4. The average Bonchev–Trinajstić information content (AvgIpc) is 3.19. The molecule has 0 bridgehead atoms. The van der Waals surface area contributed by atoms with Crippen LogP contribution in [0.1, 0.15) is 245 Å². The smallest absolute Gasteiger partial charge is 0.306 e. The Labute approximate surface area is 346 Å². The lowest BCUT2D eigenvalue weighted by atomic mass is 10.1. The molecule has 0 aliphatic carbocycles. The van der Waals surface area contributed by atoms with Gasteiger partial charge in [-0.05, 0) is 70.6 Å². The first kappa shape index (κ1) is 53.6. The zero-order chi connectivity index (χ0) is 40.8. The lowest BCUT2D eigenvalue weighted by Gasteiger charge is -2.18. The Hall–Kier alpha value is -2.37. The van der Waals surface area contributed by atoms with Crippen molar-refractivity contribution in [1.29, 1.82) is 0 Å². The van der Waals surface area contributed by atoms with Crippen molar-refractivity contribution in [1.82, 2.24) is 0 Å². The Morgan fingerprint density at radius 1 is 0.357 bits per heavy atom. The van der Waals surface area contributed by atoms with Crippen LogP contribution in [0, 0.1) is 0 Å². The Balaban J connectivity index is 4.39. The van der Waals surface area contributed by atoms with Gasteiger partial charge < -0.3 is 14.2 Å². The number of carbonyl (C=O) groups excluding carboxylic acids is 3. The number of allylic oxidation sites excluding steroid dienone is 6. The first-order valence-corrected chi connectivity index (χ1v) is 24.0. The van der Waals surface area contributed by atoms with E-state index in [0.717, 1.165) is 89.9 Å². The Morgan fingerprint density at radius 2 is 0.661 bits per heavy atom. The molecule has 326 valence electrons. The number of hydrogen-bond acceptors (Lipinski definition) is 6. The van der Waals surface area contributed by atoms with E-state index in [1.54, 1.807) is 0 Å². The molecule has 6 heteroatoms. The fourth-order valence-corrected chi connectivity index (χ4v) is 6.69. The van der Waals surface area contributed by atoms with E-state index in [1.165, 1.54) is 116 Å². The molecule has 0 aliphatic heterocycles. The summed E-state index contributed by atoms with van der Waals surface area (Å²) >= 11 is 0. The van der Waals surface area contributed by atoms with Crippen LogP contribution in [0.5, 0.6) is 0 Å². The molecule has 6 nitrogen and oxygen atoms in total. The standard InChI is InChI=1S/C50H90O6/c1-4-7-10-13-16-19-22-24-26-28-31-34-37-40-43-49(52)55-46-47(45-54-48(51)42-39-36-33-30-21-18-15-12-9-6-3)56-50(53)44-41-38-35-32-29-27-25-23-20-17-14-11-8-5-2/h13,16,22-25,47H,4-12,14-15,17-21,26-46H2,1-3H3/b16-13-,24-22-,25-23-. The van der Waals surface area contributed by atoms with Gasteiger partial charge in [0.15, 0.2) is 6.10 Å². The van der Waals surface area contributed by atoms with Gasteiger partial charge in [0.2, 0.25) is 0 Å². The second kappa shape index (κ2) is 45.3. The maximum absolute atomic E-state index is 12.7. The average molecular weight is 787 g/mol. The monoisotopic (exact) mass is 787 g/mol. The predicted octanol–water partition coefficient (Wildman–Crippen LogP) is 15.4. The third kappa shape index (κ3) is 42.8. The van der Waals surface area contributed by atoms with E-state index in [9.17, 15) is 14.4 Å². The van der Waals surface area contributed by atoms with Gasteiger partial charge in [-0.1, -0.05) is 192 Å². The molecular weight excluding hydrogens is 697 g/mol. The topological polar surface area (TPSA) is 78.9 Å². The molecule has 1 unspecified atom stereocenters. The Kier molecular flexibility index (Phi) is 43.4. The highest BCUT2D eigenvalue weighted by Crippen LogP contribution is 2.14. The molecule has 0 rings (SSSR count). The quantitative estimate of drug-likeness (QED) is 0.0265. The van der Waals surface area contributed by atoms with Gasteiger partial charge in [-0.3, -0.25) is 14.4 Å². The first-order chi connectivity index (χ1) is 27.5. The van der Waals surface area contributed by atoms with Gasteiger partial charge in [0, 0.05) is 19.3 Å². The second-order valence-corrected chi connectivity index (χ2v) is 16.0. The third-order valence-electron chi connectivity index (χ3n) is 10.4. The van der Waals surface area contributed by atoms with Crippen molar-refractivity contribution in [3.05, 3.63) is 36.5 Å². The predicted molar refractivity (Wildman–Crippen MR) is 238 cm³/mol. The minimum Gasteiger partial charge on any atom is -0.462 e. The van der Waals surface area contributed by atoms with E-state index >= 15 is 0 Å². The molecule has 0 N–H and O–H groups in total. The molecule has 0 radical (unpaired) electrons. The van der Waals surface area contributed by atoms with Crippen LogP contribution >= 0.6 is 0 Å². The molecule has 0 aliphatic rings. The van der Waals surface area contributed by atoms with Crippen LogP contribution < -0.4 is 0 Å². The van der Waals surface area contributed by atoms with Gasteiger partial charge in [0.05, 0.1) is 0 Å². The summed E-state index contributed by atoms with van der Waals surface area (Å²) in [5.74, 6) is -0.898. The normalized spacial score (nSPS) is 12.3. The molecule has 1 atom stereocenters.